The second-order valence-electron chi connectivity index (χ2n) is 5.67. The highest BCUT2D eigenvalue weighted by Gasteiger charge is 2.15. The Morgan fingerprint density at radius 2 is 2.12 bits per heavy atom. The summed E-state index contributed by atoms with van der Waals surface area (Å²) in [5, 5.41) is 13.9. The van der Waals surface area contributed by atoms with E-state index in [1.54, 1.807) is 12.1 Å². The first kappa shape index (κ1) is 18.1. The number of hydrogen-bond donors (Lipinski definition) is 3. The van der Waals surface area contributed by atoms with Gasteiger partial charge in [-0.05, 0) is 37.8 Å². The van der Waals surface area contributed by atoms with E-state index in [0.29, 0.717) is 31.0 Å². The third-order valence-corrected chi connectivity index (χ3v) is 3.69. The van der Waals surface area contributed by atoms with E-state index in [1.165, 1.54) is 0 Å². The van der Waals surface area contributed by atoms with E-state index in [4.69, 9.17) is 14.6 Å². The maximum Gasteiger partial charge on any atom is 0.319 e. The fourth-order valence-corrected chi connectivity index (χ4v) is 2.43. The van der Waals surface area contributed by atoms with Gasteiger partial charge < -0.3 is 25.2 Å². The Morgan fingerprint density at radius 1 is 1.29 bits per heavy atom. The van der Waals surface area contributed by atoms with Gasteiger partial charge in [0.15, 0.2) is 0 Å². The number of aliphatic carboxylic acids is 1. The van der Waals surface area contributed by atoms with Gasteiger partial charge in [0.05, 0.1) is 11.8 Å². The van der Waals surface area contributed by atoms with Crippen molar-refractivity contribution in [3.05, 3.63) is 24.3 Å². The van der Waals surface area contributed by atoms with E-state index in [2.05, 4.69) is 10.6 Å². The largest absolute Gasteiger partial charge is 0.489 e. The summed E-state index contributed by atoms with van der Waals surface area (Å²) in [6.45, 7) is 1.53. The molecule has 1 aliphatic rings. The van der Waals surface area contributed by atoms with Crippen molar-refractivity contribution in [3.63, 3.8) is 0 Å². The van der Waals surface area contributed by atoms with Gasteiger partial charge in [-0.2, -0.15) is 0 Å². The fraction of sp³-hybridized carbons (Fsp3) is 0.529. The van der Waals surface area contributed by atoms with Crippen LogP contribution in [0.5, 0.6) is 5.75 Å². The van der Waals surface area contributed by atoms with Crippen LogP contribution < -0.4 is 15.4 Å². The van der Waals surface area contributed by atoms with Crippen molar-refractivity contribution in [3.8, 4) is 5.75 Å². The van der Waals surface area contributed by atoms with Gasteiger partial charge in [0, 0.05) is 19.6 Å². The molecule has 7 heteroatoms. The number of carboxylic acids is 1. The Morgan fingerprint density at radius 3 is 2.88 bits per heavy atom. The van der Waals surface area contributed by atoms with Gasteiger partial charge in [0.1, 0.15) is 12.4 Å². The molecule has 1 saturated heterocycles. The molecule has 2 amide bonds. The van der Waals surface area contributed by atoms with E-state index in [9.17, 15) is 9.59 Å². The Balaban J connectivity index is 1.79. The molecule has 1 aromatic rings. The summed E-state index contributed by atoms with van der Waals surface area (Å²) in [5.74, 6) is -0.284. The number of nitrogens with one attached hydrogen (secondary N) is 2. The summed E-state index contributed by atoms with van der Waals surface area (Å²) < 4.78 is 11.4. The number of rotatable bonds is 8. The van der Waals surface area contributed by atoms with E-state index < -0.39 is 5.97 Å². The number of ether oxygens (including phenoxy) is 2. The number of carbonyl (C=O) groups excluding carboxylic acids is 1. The highest BCUT2D eigenvalue weighted by Crippen LogP contribution is 2.24. The summed E-state index contributed by atoms with van der Waals surface area (Å²) in [4.78, 5) is 22.3. The van der Waals surface area contributed by atoms with Crippen LogP contribution in [0.15, 0.2) is 24.3 Å². The zero-order valence-electron chi connectivity index (χ0n) is 13.6. The average Bonchev–Trinajstić information content (AvgIpc) is 2.59. The van der Waals surface area contributed by atoms with Gasteiger partial charge in [0.2, 0.25) is 0 Å². The molecule has 0 saturated carbocycles. The van der Waals surface area contributed by atoms with Crippen LogP contribution in [0.25, 0.3) is 0 Å². The molecule has 132 valence electrons. The Kier molecular flexibility index (Phi) is 7.35. The molecule has 0 aromatic heterocycles. The molecular weight excluding hydrogens is 312 g/mol. The van der Waals surface area contributed by atoms with Crippen LogP contribution in [0.4, 0.5) is 10.5 Å². The van der Waals surface area contributed by atoms with Crippen molar-refractivity contribution < 1.29 is 24.2 Å². The molecule has 0 radical (unpaired) electrons. The predicted octanol–water partition coefficient (Wildman–Crippen LogP) is 2.62. The summed E-state index contributed by atoms with van der Waals surface area (Å²) >= 11 is 0. The monoisotopic (exact) mass is 336 g/mol. The highest BCUT2D eigenvalue weighted by molar-refractivity contribution is 5.90. The normalized spacial score (nSPS) is 17.1. The van der Waals surface area contributed by atoms with Crippen molar-refractivity contribution in [2.24, 2.45) is 0 Å². The van der Waals surface area contributed by atoms with Gasteiger partial charge in [-0.1, -0.05) is 12.1 Å². The van der Waals surface area contributed by atoms with Crippen LogP contribution in [-0.2, 0) is 9.53 Å². The molecule has 1 unspecified atom stereocenters. The van der Waals surface area contributed by atoms with Crippen LogP contribution in [0.1, 0.15) is 32.1 Å². The number of carbonyl (C=O) groups is 2. The van der Waals surface area contributed by atoms with Crippen LogP contribution in [0, 0.1) is 0 Å². The first-order valence-electron chi connectivity index (χ1n) is 8.25. The number of benzene rings is 1. The molecular formula is C17H24N2O5. The molecule has 1 aliphatic heterocycles. The molecule has 7 nitrogen and oxygen atoms in total. The molecule has 1 heterocycles. The van der Waals surface area contributed by atoms with Gasteiger partial charge in [-0.15, -0.1) is 0 Å². The van der Waals surface area contributed by atoms with Crippen molar-refractivity contribution >= 4 is 17.7 Å². The molecule has 1 fully saturated rings. The topological polar surface area (TPSA) is 96.9 Å². The zero-order chi connectivity index (χ0) is 17.2. The number of para-hydroxylation sites is 2. The number of hydrogen-bond acceptors (Lipinski definition) is 4. The number of carboxylic acid groups (broad SMARTS) is 1. The maximum absolute atomic E-state index is 11.9. The van der Waals surface area contributed by atoms with Gasteiger partial charge in [-0.3, -0.25) is 4.79 Å². The molecule has 1 atom stereocenters. The zero-order valence-corrected chi connectivity index (χ0v) is 13.6. The maximum atomic E-state index is 11.9. The van der Waals surface area contributed by atoms with Crippen LogP contribution in [-0.4, -0.2) is 43.0 Å². The summed E-state index contributed by atoms with van der Waals surface area (Å²) in [5.41, 5.74) is 0.573. The lowest BCUT2D eigenvalue weighted by Gasteiger charge is -2.23. The van der Waals surface area contributed by atoms with Crippen molar-refractivity contribution in [1.29, 1.82) is 0 Å². The second-order valence-corrected chi connectivity index (χ2v) is 5.67. The molecule has 3 N–H and O–H groups in total. The highest BCUT2D eigenvalue weighted by atomic mass is 16.5. The van der Waals surface area contributed by atoms with E-state index in [0.717, 1.165) is 25.9 Å². The summed E-state index contributed by atoms with van der Waals surface area (Å²) in [6, 6.07) is 6.82. The summed E-state index contributed by atoms with van der Waals surface area (Å²) in [6.07, 6.45) is 3.74. The minimum Gasteiger partial charge on any atom is -0.489 e. The molecule has 2 rings (SSSR count). The molecule has 24 heavy (non-hydrogen) atoms. The third kappa shape index (κ3) is 6.45. The number of urea groups is 1. The van der Waals surface area contributed by atoms with Gasteiger partial charge in [-0.25, -0.2) is 4.79 Å². The smallest absolute Gasteiger partial charge is 0.319 e. The van der Waals surface area contributed by atoms with E-state index in [1.807, 2.05) is 12.1 Å². The first-order chi connectivity index (χ1) is 11.6. The standard InChI is InChI=1S/C17H24N2O5/c20-16(21)9-5-10-18-17(22)19-14-7-1-2-8-15(14)24-12-13-6-3-4-11-23-13/h1-2,7-8,13H,3-6,9-12H2,(H,20,21)(H2,18,19,22). The van der Waals surface area contributed by atoms with E-state index >= 15 is 0 Å². The summed E-state index contributed by atoms with van der Waals surface area (Å²) in [7, 11) is 0. The van der Waals surface area contributed by atoms with Crippen LogP contribution in [0.2, 0.25) is 0 Å². The van der Waals surface area contributed by atoms with Crippen LogP contribution in [0.3, 0.4) is 0 Å². The lowest BCUT2D eigenvalue weighted by Crippen LogP contribution is -2.30. The minimum absolute atomic E-state index is 0.0291. The minimum atomic E-state index is -0.874. The first-order valence-corrected chi connectivity index (χ1v) is 8.25. The molecule has 1 aromatic carbocycles. The van der Waals surface area contributed by atoms with Gasteiger partial charge in [0.25, 0.3) is 0 Å². The molecule has 0 spiro atoms. The lowest BCUT2D eigenvalue weighted by atomic mass is 10.1. The Bertz CT molecular complexity index is 544. The molecule has 0 aliphatic carbocycles. The second kappa shape index (κ2) is 9.77. The Hall–Kier alpha value is -2.28. The molecule has 0 bridgehead atoms. The third-order valence-electron chi connectivity index (χ3n) is 3.69. The van der Waals surface area contributed by atoms with E-state index in [-0.39, 0.29) is 18.6 Å². The predicted molar refractivity (Wildman–Crippen MR) is 89.4 cm³/mol. The van der Waals surface area contributed by atoms with Crippen molar-refractivity contribution in [2.45, 2.75) is 38.2 Å². The Labute approximate surface area is 141 Å². The van der Waals surface area contributed by atoms with Crippen molar-refractivity contribution in [2.75, 3.05) is 25.1 Å². The van der Waals surface area contributed by atoms with Crippen molar-refractivity contribution in [1.82, 2.24) is 5.32 Å². The number of amides is 2. The van der Waals surface area contributed by atoms with Gasteiger partial charge >= 0.3 is 12.0 Å². The lowest BCUT2D eigenvalue weighted by molar-refractivity contribution is -0.137. The number of anilines is 1. The fourth-order valence-electron chi connectivity index (χ4n) is 2.43. The average molecular weight is 336 g/mol. The SMILES string of the molecule is O=C(O)CCCNC(=O)Nc1ccccc1OCC1CCCCO1. The quantitative estimate of drug-likeness (QED) is 0.634. The van der Waals surface area contributed by atoms with Crippen LogP contribution >= 0.6 is 0 Å².